The van der Waals surface area contributed by atoms with Crippen LogP contribution < -0.4 is 10.6 Å². The molecule has 22 heavy (non-hydrogen) atoms. The topological polar surface area (TPSA) is 24.1 Å². The van der Waals surface area contributed by atoms with Crippen LogP contribution in [0.3, 0.4) is 0 Å². The predicted octanol–water partition coefficient (Wildman–Crippen LogP) is 5.41. The molecule has 1 unspecified atom stereocenters. The maximum Gasteiger partial charge on any atom is 0.0144 e. The molecule has 1 rings (SSSR count). The first kappa shape index (κ1) is 20.0. The van der Waals surface area contributed by atoms with Gasteiger partial charge in [0, 0.05) is 23.2 Å². The lowest BCUT2D eigenvalue weighted by molar-refractivity contribution is 0.139. The fourth-order valence-electron chi connectivity index (χ4n) is 4.33. The molecule has 1 heterocycles. The summed E-state index contributed by atoms with van der Waals surface area (Å²) in [6, 6.07) is 1.32. The number of unbranched alkanes of at least 4 members (excludes halogenated alkanes) is 6. The largest absolute Gasteiger partial charge is 0.311 e. The van der Waals surface area contributed by atoms with Gasteiger partial charge in [-0.1, -0.05) is 51.9 Å². The summed E-state index contributed by atoms with van der Waals surface area (Å²) in [4.78, 5) is 0. The number of piperidine rings is 1. The lowest BCUT2D eigenvalue weighted by atomic mass is 9.79. The van der Waals surface area contributed by atoms with Gasteiger partial charge in [0.2, 0.25) is 0 Å². The molecular weight excluding hydrogens is 268 g/mol. The van der Waals surface area contributed by atoms with E-state index in [-0.39, 0.29) is 11.1 Å². The van der Waals surface area contributed by atoms with Gasteiger partial charge >= 0.3 is 0 Å². The van der Waals surface area contributed by atoms with Gasteiger partial charge in [-0.25, -0.2) is 0 Å². The maximum absolute atomic E-state index is 3.90. The molecule has 0 aliphatic carbocycles. The number of hydrogen-bond acceptors (Lipinski definition) is 2. The van der Waals surface area contributed by atoms with Crippen LogP contribution in [0.4, 0.5) is 0 Å². The first-order valence-electron chi connectivity index (χ1n) is 9.79. The van der Waals surface area contributed by atoms with E-state index < -0.39 is 0 Å². The molecule has 1 saturated heterocycles. The van der Waals surface area contributed by atoms with Gasteiger partial charge in [0.05, 0.1) is 0 Å². The van der Waals surface area contributed by atoms with Crippen molar-refractivity contribution in [2.75, 3.05) is 0 Å². The molecule has 0 saturated carbocycles. The zero-order chi connectivity index (χ0) is 16.6. The Labute approximate surface area is 140 Å². The van der Waals surface area contributed by atoms with Gasteiger partial charge < -0.3 is 10.6 Å². The van der Waals surface area contributed by atoms with Crippen molar-refractivity contribution in [2.45, 2.75) is 129 Å². The Morgan fingerprint density at radius 2 is 1.41 bits per heavy atom. The number of hydrogen-bond donors (Lipinski definition) is 2. The Kier molecular flexibility index (Phi) is 8.42. The second-order valence-corrected chi connectivity index (χ2v) is 8.98. The van der Waals surface area contributed by atoms with Crippen LogP contribution in [0, 0.1) is 0 Å². The normalized spacial score (nSPS) is 22.6. The summed E-state index contributed by atoms with van der Waals surface area (Å²) < 4.78 is 0. The van der Waals surface area contributed by atoms with E-state index in [2.05, 4.69) is 52.2 Å². The van der Waals surface area contributed by atoms with Crippen LogP contribution in [0.2, 0.25) is 0 Å². The molecular formula is C20H42N2. The van der Waals surface area contributed by atoms with Crippen LogP contribution in [0.25, 0.3) is 0 Å². The third-order valence-electron chi connectivity index (χ3n) is 4.95. The van der Waals surface area contributed by atoms with Gasteiger partial charge in [-0.15, -0.1) is 0 Å². The van der Waals surface area contributed by atoms with E-state index in [0.29, 0.717) is 12.1 Å². The molecule has 0 bridgehead atoms. The fourth-order valence-corrected chi connectivity index (χ4v) is 4.33. The lowest BCUT2D eigenvalue weighted by Crippen LogP contribution is -2.62. The molecule has 0 aromatic carbocycles. The Bertz CT molecular complexity index is 280. The second-order valence-electron chi connectivity index (χ2n) is 8.98. The van der Waals surface area contributed by atoms with E-state index in [4.69, 9.17) is 0 Å². The first-order valence-corrected chi connectivity index (χ1v) is 9.79. The Morgan fingerprint density at radius 1 is 0.909 bits per heavy atom. The first-order chi connectivity index (χ1) is 10.2. The Morgan fingerprint density at radius 3 is 1.95 bits per heavy atom. The van der Waals surface area contributed by atoms with E-state index in [1.54, 1.807) is 0 Å². The van der Waals surface area contributed by atoms with E-state index in [1.165, 1.54) is 64.2 Å². The van der Waals surface area contributed by atoms with Gasteiger partial charge in [0.1, 0.15) is 0 Å². The molecule has 0 aromatic heterocycles. The summed E-state index contributed by atoms with van der Waals surface area (Å²) in [6.45, 7) is 14.0. The van der Waals surface area contributed by atoms with E-state index in [9.17, 15) is 0 Å². The summed E-state index contributed by atoms with van der Waals surface area (Å²) >= 11 is 0. The highest BCUT2D eigenvalue weighted by Gasteiger charge is 2.37. The molecule has 1 atom stereocenters. The number of nitrogens with one attached hydrogen (secondary N) is 2. The van der Waals surface area contributed by atoms with Crippen LogP contribution in [0.15, 0.2) is 0 Å². The summed E-state index contributed by atoms with van der Waals surface area (Å²) in [6.07, 6.45) is 13.7. The van der Waals surface area contributed by atoms with E-state index in [1.807, 2.05) is 0 Å². The van der Waals surface area contributed by atoms with Crippen LogP contribution in [-0.4, -0.2) is 23.2 Å². The van der Waals surface area contributed by atoms with Gasteiger partial charge in [-0.2, -0.15) is 0 Å². The van der Waals surface area contributed by atoms with Crippen LogP contribution in [-0.2, 0) is 0 Å². The average Bonchev–Trinajstić information content (AvgIpc) is 2.33. The van der Waals surface area contributed by atoms with Crippen molar-refractivity contribution < 1.29 is 0 Å². The minimum atomic E-state index is 0.248. The SMILES string of the molecule is CCCCCCCCCC(C)NC1CC(C)(C)NC(C)(C)C1. The monoisotopic (exact) mass is 310 g/mol. The summed E-state index contributed by atoms with van der Waals surface area (Å²) in [7, 11) is 0. The third kappa shape index (κ3) is 8.53. The summed E-state index contributed by atoms with van der Waals surface area (Å²) in [5, 5.41) is 7.67. The molecule has 2 heteroatoms. The molecule has 2 N–H and O–H groups in total. The van der Waals surface area contributed by atoms with Crippen LogP contribution >= 0.6 is 0 Å². The molecule has 132 valence electrons. The van der Waals surface area contributed by atoms with E-state index in [0.717, 1.165) is 0 Å². The standard InChI is InChI=1S/C20H42N2/c1-7-8-9-10-11-12-13-14-17(2)21-18-15-19(3,4)22-20(5,6)16-18/h17-18,21-22H,7-16H2,1-6H3. The lowest BCUT2D eigenvalue weighted by Gasteiger charge is -2.47. The summed E-state index contributed by atoms with van der Waals surface area (Å²) in [5.74, 6) is 0. The van der Waals surface area contributed by atoms with Crippen molar-refractivity contribution in [3.05, 3.63) is 0 Å². The minimum absolute atomic E-state index is 0.248. The highest BCUT2D eigenvalue weighted by molar-refractivity contribution is 4.99. The maximum atomic E-state index is 3.90. The van der Waals surface area contributed by atoms with Crippen molar-refractivity contribution in [3.8, 4) is 0 Å². The molecule has 0 aromatic rings. The van der Waals surface area contributed by atoms with Crippen molar-refractivity contribution >= 4 is 0 Å². The predicted molar refractivity (Wildman–Crippen MR) is 99.5 cm³/mol. The van der Waals surface area contributed by atoms with E-state index >= 15 is 0 Å². The van der Waals surface area contributed by atoms with Gasteiger partial charge in [-0.05, 0) is 53.9 Å². The van der Waals surface area contributed by atoms with Gasteiger partial charge in [0.15, 0.2) is 0 Å². The zero-order valence-electron chi connectivity index (χ0n) is 16.2. The van der Waals surface area contributed by atoms with Gasteiger partial charge in [-0.3, -0.25) is 0 Å². The van der Waals surface area contributed by atoms with Crippen molar-refractivity contribution in [2.24, 2.45) is 0 Å². The third-order valence-corrected chi connectivity index (χ3v) is 4.95. The van der Waals surface area contributed by atoms with Crippen LogP contribution in [0.1, 0.15) is 106 Å². The quantitative estimate of drug-likeness (QED) is 0.527. The van der Waals surface area contributed by atoms with Gasteiger partial charge in [0.25, 0.3) is 0 Å². The number of rotatable bonds is 10. The zero-order valence-corrected chi connectivity index (χ0v) is 16.2. The fraction of sp³-hybridized carbons (Fsp3) is 1.00. The molecule has 1 fully saturated rings. The molecule has 2 nitrogen and oxygen atoms in total. The smallest absolute Gasteiger partial charge is 0.0144 e. The van der Waals surface area contributed by atoms with Crippen molar-refractivity contribution in [3.63, 3.8) is 0 Å². The van der Waals surface area contributed by atoms with Crippen molar-refractivity contribution in [1.29, 1.82) is 0 Å². The molecule has 1 aliphatic rings. The van der Waals surface area contributed by atoms with Crippen molar-refractivity contribution in [1.82, 2.24) is 10.6 Å². The average molecular weight is 311 g/mol. The molecule has 0 spiro atoms. The summed E-state index contributed by atoms with van der Waals surface area (Å²) in [5.41, 5.74) is 0.497. The Balaban J connectivity index is 2.17. The highest BCUT2D eigenvalue weighted by Crippen LogP contribution is 2.29. The molecule has 1 aliphatic heterocycles. The molecule has 0 amide bonds. The second kappa shape index (κ2) is 9.27. The Hall–Kier alpha value is -0.0800. The molecule has 0 radical (unpaired) electrons. The van der Waals surface area contributed by atoms with Crippen LogP contribution in [0.5, 0.6) is 0 Å². The highest BCUT2D eigenvalue weighted by atomic mass is 15.1. The minimum Gasteiger partial charge on any atom is -0.311 e.